The van der Waals surface area contributed by atoms with Crippen LogP contribution >= 0.6 is 0 Å². The molecule has 3 heterocycles. The van der Waals surface area contributed by atoms with Crippen molar-refractivity contribution in [1.82, 2.24) is 10.2 Å². The Morgan fingerprint density at radius 3 is 2.50 bits per heavy atom. The minimum atomic E-state index is 0.0946. The van der Waals surface area contributed by atoms with Crippen molar-refractivity contribution in [1.29, 1.82) is 0 Å². The van der Waals surface area contributed by atoms with Crippen LogP contribution in [0.25, 0.3) is 0 Å². The summed E-state index contributed by atoms with van der Waals surface area (Å²) in [6, 6.07) is 0. The van der Waals surface area contributed by atoms with Gasteiger partial charge in [-0.15, -0.1) is 10.2 Å². The van der Waals surface area contributed by atoms with Gasteiger partial charge in [0.2, 0.25) is 11.8 Å². The maximum absolute atomic E-state index is 6.10. The number of aromatic nitrogens is 2. The quantitative estimate of drug-likeness (QED) is 0.839. The van der Waals surface area contributed by atoms with Gasteiger partial charge < -0.3 is 13.9 Å². The van der Waals surface area contributed by atoms with Crippen LogP contribution < -0.4 is 0 Å². The lowest BCUT2D eigenvalue weighted by molar-refractivity contribution is 0.0169. The van der Waals surface area contributed by atoms with Crippen LogP contribution in [-0.4, -0.2) is 36.1 Å². The van der Waals surface area contributed by atoms with Crippen molar-refractivity contribution in [2.75, 3.05) is 19.8 Å². The van der Waals surface area contributed by atoms with E-state index in [2.05, 4.69) is 31.0 Å². The minimum absolute atomic E-state index is 0.0946. The highest BCUT2D eigenvalue weighted by atomic mass is 16.5. The molecule has 2 aliphatic heterocycles. The number of rotatable bonds is 2. The van der Waals surface area contributed by atoms with Gasteiger partial charge in [-0.1, -0.05) is 20.8 Å². The monoisotopic (exact) mass is 306 g/mol. The molecule has 0 amide bonds. The predicted molar refractivity (Wildman–Crippen MR) is 80.7 cm³/mol. The van der Waals surface area contributed by atoms with Crippen molar-refractivity contribution >= 4 is 0 Å². The average molecular weight is 306 g/mol. The first-order valence-electron chi connectivity index (χ1n) is 8.52. The Hall–Kier alpha value is -0.940. The minimum Gasteiger partial charge on any atom is -0.425 e. The molecule has 0 unspecified atom stereocenters. The molecule has 2 saturated heterocycles. The van der Waals surface area contributed by atoms with E-state index in [9.17, 15) is 0 Å². The molecule has 0 radical (unpaired) electrons. The summed E-state index contributed by atoms with van der Waals surface area (Å²) in [4.78, 5) is 0. The summed E-state index contributed by atoms with van der Waals surface area (Å²) in [7, 11) is 0. The van der Waals surface area contributed by atoms with E-state index in [1.165, 1.54) is 6.42 Å². The Balaban J connectivity index is 1.50. The Kier molecular flexibility index (Phi) is 3.35. The van der Waals surface area contributed by atoms with Crippen molar-refractivity contribution in [2.45, 2.75) is 64.4 Å². The van der Waals surface area contributed by atoms with E-state index in [0.717, 1.165) is 50.9 Å². The largest absolute Gasteiger partial charge is 0.425 e. The highest BCUT2D eigenvalue weighted by Crippen LogP contribution is 2.64. The standard InChI is InChI=1S/C17H26N2O3/c1-16(2,3)13-11(4-7-21-13)14-18-19-15(22-14)12-10-17(12)5-8-20-9-6-17/h11-13H,4-10H2,1-3H3/t11-,12-,13-/m0/s1. The van der Waals surface area contributed by atoms with Gasteiger partial charge >= 0.3 is 0 Å². The molecular formula is C17H26N2O3. The molecule has 4 rings (SSSR count). The van der Waals surface area contributed by atoms with Gasteiger partial charge in [0, 0.05) is 25.7 Å². The van der Waals surface area contributed by atoms with Crippen molar-refractivity contribution in [2.24, 2.45) is 10.8 Å². The van der Waals surface area contributed by atoms with E-state index in [1.807, 2.05) is 0 Å². The van der Waals surface area contributed by atoms with E-state index in [0.29, 0.717) is 11.3 Å². The summed E-state index contributed by atoms with van der Waals surface area (Å²) < 4.78 is 17.5. The van der Waals surface area contributed by atoms with E-state index < -0.39 is 0 Å². The zero-order valence-corrected chi connectivity index (χ0v) is 13.8. The number of hydrogen-bond donors (Lipinski definition) is 0. The lowest BCUT2D eigenvalue weighted by Crippen LogP contribution is -2.30. The molecule has 1 spiro atoms. The van der Waals surface area contributed by atoms with Crippen LogP contribution in [0.1, 0.15) is 70.1 Å². The van der Waals surface area contributed by atoms with Crippen LogP contribution in [0.3, 0.4) is 0 Å². The van der Waals surface area contributed by atoms with Crippen LogP contribution in [0.2, 0.25) is 0 Å². The Labute approximate surface area is 131 Å². The van der Waals surface area contributed by atoms with Crippen LogP contribution in [0.15, 0.2) is 4.42 Å². The zero-order chi connectivity index (χ0) is 15.4. The first-order chi connectivity index (χ1) is 10.5. The molecule has 122 valence electrons. The van der Waals surface area contributed by atoms with Crippen molar-refractivity contribution in [3.05, 3.63) is 11.8 Å². The van der Waals surface area contributed by atoms with Crippen molar-refractivity contribution in [3.8, 4) is 0 Å². The maximum Gasteiger partial charge on any atom is 0.222 e. The Bertz CT molecular complexity index is 542. The second-order valence-corrected chi connectivity index (χ2v) is 8.26. The van der Waals surface area contributed by atoms with Crippen LogP contribution in [0.4, 0.5) is 0 Å². The van der Waals surface area contributed by atoms with Crippen molar-refractivity contribution in [3.63, 3.8) is 0 Å². The third-order valence-electron chi connectivity index (χ3n) is 5.70. The highest BCUT2D eigenvalue weighted by molar-refractivity contribution is 5.17. The smallest absolute Gasteiger partial charge is 0.222 e. The molecule has 3 aliphatic rings. The third kappa shape index (κ3) is 2.38. The van der Waals surface area contributed by atoms with Gasteiger partial charge in [-0.05, 0) is 36.5 Å². The number of hydrogen-bond acceptors (Lipinski definition) is 5. The lowest BCUT2D eigenvalue weighted by Gasteiger charge is -2.29. The summed E-state index contributed by atoms with van der Waals surface area (Å²) in [6.45, 7) is 9.18. The fraction of sp³-hybridized carbons (Fsp3) is 0.882. The number of ether oxygens (including phenoxy) is 2. The second-order valence-electron chi connectivity index (χ2n) is 8.26. The molecule has 3 fully saturated rings. The van der Waals surface area contributed by atoms with Gasteiger partial charge in [0.15, 0.2) is 0 Å². The molecule has 5 heteroatoms. The summed E-state index contributed by atoms with van der Waals surface area (Å²) >= 11 is 0. The van der Waals surface area contributed by atoms with Gasteiger partial charge in [-0.25, -0.2) is 0 Å². The van der Waals surface area contributed by atoms with Gasteiger partial charge in [-0.2, -0.15) is 0 Å². The molecule has 0 aromatic carbocycles. The highest BCUT2D eigenvalue weighted by Gasteiger charge is 2.58. The lowest BCUT2D eigenvalue weighted by atomic mass is 9.81. The van der Waals surface area contributed by atoms with Gasteiger partial charge in [0.25, 0.3) is 0 Å². The summed E-state index contributed by atoms with van der Waals surface area (Å²) in [5.41, 5.74) is 0.481. The van der Waals surface area contributed by atoms with Crippen LogP contribution in [0, 0.1) is 10.8 Å². The molecule has 22 heavy (non-hydrogen) atoms. The normalized spacial score (nSPS) is 34.2. The molecule has 1 aromatic heterocycles. The first kappa shape index (κ1) is 14.6. The zero-order valence-electron chi connectivity index (χ0n) is 13.8. The van der Waals surface area contributed by atoms with Crippen LogP contribution in [0.5, 0.6) is 0 Å². The van der Waals surface area contributed by atoms with Gasteiger partial charge in [0.1, 0.15) is 0 Å². The first-order valence-corrected chi connectivity index (χ1v) is 8.52. The topological polar surface area (TPSA) is 57.4 Å². The van der Waals surface area contributed by atoms with E-state index in [1.54, 1.807) is 0 Å². The summed E-state index contributed by atoms with van der Waals surface area (Å²) in [5.74, 6) is 2.32. The molecule has 3 atom stereocenters. The number of nitrogens with zero attached hydrogens (tertiary/aromatic N) is 2. The molecule has 0 N–H and O–H groups in total. The SMILES string of the molecule is CC(C)(C)[C@H]1OCC[C@@H]1c1nnc([C@@H]2CC23CCOCC3)o1. The van der Waals surface area contributed by atoms with Crippen molar-refractivity contribution < 1.29 is 13.9 Å². The summed E-state index contributed by atoms with van der Waals surface area (Å²) in [6.07, 6.45) is 4.59. The van der Waals surface area contributed by atoms with Gasteiger partial charge in [0.05, 0.1) is 12.0 Å². The Morgan fingerprint density at radius 2 is 1.77 bits per heavy atom. The fourth-order valence-electron chi connectivity index (χ4n) is 4.26. The Morgan fingerprint density at radius 1 is 1.05 bits per heavy atom. The fourth-order valence-corrected chi connectivity index (χ4v) is 4.26. The average Bonchev–Trinajstić information content (AvgIpc) is 2.92. The summed E-state index contributed by atoms with van der Waals surface area (Å²) in [5, 5.41) is 8.75. The molecular weight excluding hydrogens is 280 g/mol. The predicted octanol–water partition coefficient (Wildman–Crippen LogP) is 3.27. The molecule has 5 nitrogen and oxygen atoms in total. The molecule has 1 aromatic rings. The van der Waals surface area contributed by atoms with E-state index in [-0.39, 0.29) is 17.4 Å². The molecule has 1 aliphatic carbocycles. The van der Waals surface area contributed by atoms with E-state index in [4.69, 9.17) is 13.9 Å². The molecule has 1 saturated carbocycles. The van der Waals surface area contributed by atoms with Crippen LogP contribution in [-0.2, 0) is 9.47 Å². The third-order valence-corrected chi connectivity index (χ3v) is 5.70. The maximum atomic E-state index is 6.10. The second kappa shape index (κ2) is 5.03. The van der Waals surface area contributed by atoms with E-state index >= 15 is 0 Å². The molecule has 0 bridgehead atoms. The van der Waals surface area contributed by atoms with Gasteiger partial charge in [-0.3, -0.25) is 0 Å².